The number of rotatable bonds is 4. The molecule has 4 rings (SSSR count). The van der Waals surface area contributed by atoms with E-state index in [0.717, 1.165) is 15.8 Å². The maximum Gasteiger partial charge on any atom is 0.256 e. The smallest absolute Gasteiger partial charge is 0.256 e. The second-order valence-electron chi connectivity index (χ2n) is 7.10. The van der Waals surface area contributed by atoms with Crippen LogP contribution in [0.25, 0.3) is 0 Å². The zero-order valence-electron chi connectivity index (χ0n) is 16.4. The molecule has 1 heterocycles. The highest BCUT2D eigenvalue weighted by atomic mass is 79.9. The number of hydrogen-bond acceptors (Lipinski definition) is 3. The number of para-hydroxylation sites is 2. The highest BCUT2D eigenvalue weighted by Gasteiger charge is 2.24. The highest BCUT2D eigenvalue weighted by Crippen LogP contribution is 2.28. The van der Waals surface area contributed by atoms with E-state index in [1.807, 2.05) is 77.7 Å². The number of carbonyl (C=O) groups excluding carboxylic acids is 2. The molecule has 1 aliphatic rings. The van der Waals surface area contributed by atoms with Crippen molar-refractivity contribution < 1.29 is 9.59 Å². The molecule has 0 bridgehead atoms. The van der Waals surface area contributed by atoms with Crippen molar-refractivity contribution in [3.05, 3.63) is 94.5 Å². The molecule has 1 aliphatic heterocycles. The zero-order valence-corrected chi connectivity index (χ0v) is 18.0. The Balaban J connectivity index is 1.45. The molecule has 3 aromatic rings. The third-order valence-electron chi connectivity index (χ3n) is 5.20. The molecule has 0 spiro atoms. The standard InChI is InChI=1S/C24H22BrN3O2/c25-20-11-5-4-10-19(20)23(29)26-21-12-6-7-13-22(21)27-14-16-28(17-15-27)24(30)18-8-2-1-3-9-18/h1-13H,14-17H2,(H,26,29). The van der Waals surface area contributed by atoms with Crippen LogP contribution in [0.2, 0.25) is 0 Å². The molecule has 0 saturated carbocycles. The first-order chi connectivity index (χ1) is 14.6. The van der Waals surface area contributed by atoms with E-state index in [1.165, 1.54) is 0 Å². The number of carbonyl (C=O) groups is 2. The van der Waals surface area contributed by atoms with E-state index >= 15 is 0 Å². The van der Waals surface area contributed by atoms with Crippen LogP contribution < -0.4 is 10.2 Å². The highest BCUT2D eigenvalue weighted by molar-refractivity contribution is 9.10. The molecule has 2 amide bonds. The van der Waals surface area contributed by atoms with Crippen molar-refractivity contribution in [3.8, 4) is 0 Å². The van der Waals surface area contributed by atoms with Crippen LogP contribution >= 0.6 is 15.9 Å². The predicted molar refractivity (Wildman–Crippen MR) is 123 cm³/mol. The summed E-state index contributed by atoms with van der Waals surface area (Å²) in [4.78, 5) is 29.5. The van der Waals surface area contributed by atoms with Gasteiger partial charge in [-0.3, -0.25) is 9.59 Å². The van der Waals surface area contributed by atoms with E-state index in [9.17, 15) is 9.59 Å². The number of nitrogens with one attached hydrogen (secondary N) is 1. The van der Waals surface area contributed by atoms with Crippen molar-refractivity contribution in [2.45, 2.75) is 0 Å². The van der Waals surface area contributed by atoms with Gasteiger partial charge in [-0.05, 0) is 52.3 Å². The van der Waals surface area contributed by atoms with Crippen LogP contribution in [-0.4, -0.2) is 42.9 Å². The van der Waals surface area contributed by atoms with Gasteiger partial charge in [-0.15, -0.1) is 0 Å². The molecule has 5 nitrogen and oxygen atoms in total. The second kappa shape index (κ2) is 9.13. The van der Waals surface area contributed by atoms with Gasteiger partial charge in [0.2, 0.25) is 0 Å². The van der Waals surface area contributed by atoms with Gasteiger partial charge in [-0.2, -0.15) is 0 Å². The van der Waals surface area contributed by atoms with Gasteiger partial charge in [-0.25, -0.2) is 0 Å². The fourth-order valence-electron chi connectivity index (χ4n) is 3.60. The molecular formula is C24H22BrN3O2. The van der Waals surface area contributed by atoms with Crippen LogP contribution in [0.4, 0.5) is 11.4 Å². The topological polar surface area (TPSA) is 52.7 Å². The summed E-state index contributed by atoms with van der Waals surface area (Å²) in [6, 6.07) is 24.5. The van der Waals surface area contributed by atoms with Crippen LogP contribution in [-0.2, 0) is 0 Å². The fourth-order valence-corrected chi connectivity index (χ4v) is 4.07. The van der Waals surface area contributed by atoms with Gasteiger partial charge in [0.05, 0.1) is 16.9 Å². The molecule has 1 N–H and O–H groups in total. The third-order valence-corrected chi connectivity index (χ3v) is 5.89. The normalized spacial score (nSPS) is 13.8. The summed E-state index contributed by atoms with van der Waals surface area (Å²) in [5.41, 5.74) is 3.03. The number of amides is 2. The Labute approximate surface area is 184 Å². The minimum absolute atomic E-state index is 0.0609. The minimum atomic E-state index is -0.159. The number of halogens is 1. The molecule has 0 aromatic heterocycles. The van der Waals surface area contributed by atoms with Crippen LogP contribution in [0.5, 0.6) is 0 Å². The molecule has 0 atom stereocenters. The Morgan fingerprint density at radius 2 is 1.40 bits per heavy atom. The fraction of sp³-hybridized carbons (Fsp3) is 0.167. The molecule has 3 aromatic carbocycles. The molecule has 1 saturated heterocycles. The molecular weight excluding hydrogens is 442 g/mol. The number of nitrogens with zero attached hydrogens (tertiary/aromatic N) is 2. The lowest BCUT2D eigenvalue weighted by Crippen LogP contribution is -2.49. The SMILES string of the molecule is O=C(Nc1ccccc1N1CCN(C(=O)c2ccccc2)CC1)c1ccccc1Br. The molecule has 0 aliphatic carbocycles. The van der Waals surface area contributed by atoms with Gasteiger partial charge < -0.3 is 15.1 Å². The largest absolute Gasteiger partial charge is 0.366 e. The van der Waals surface area contributed by atoms with Crippen molar-refractivity contribution in [2.75, 3.05) is 36.4 Å². The van der Waals surface area contributed by atoms with Crippen LogP contribution in [0.15, 0.2) is 83.3 Å². The van der Waals surface area contributed by atoms with E-state index in [1.54, 1.807) is 6.07 Å². The summed E-state index contributed by atoms with van der Waals surface area (Å²) < 4.78 is 0.757. The monoisotopic (exact) mass is 463 g/mol. The van der Waals surface area contributed by atoms with E-state index in [4.69, 9.17) is 0 Å². The van der Waals surface area contributed by atoms with E-state index < -0.39 is 0 Å². The Kier molecular flexibility index (Phi) is 6.14. The van der Waals surface area contributed by atoms with E-state index in [-0.39, 0.29) is 11.8 Å². The Hall–Kier alpha value is -3.12. The van der Waals surface area contributed by atoms with Gasteiger partial charge in [-0.1, -0.05) is 42.5 Å². The van der Waals surface area contributed by atoms with Crippen LogP contribution in [0.3, 0.4) is 0 Å². The molecule has 152 valence electrons. The third kappa shape index (κ3) is 4.39. The van der Waals surface area contributed by atoms with Gasteiger partial charge in [0.25, 0.3) is 11.8 Å². The first-order valence-electron chi connectivity index (χ1n) is 9.87. The van der Waals surface area contributed by atoms with Crippen molar-refractivity contribution in [3.63, 3.8) is 0 Å². The van der Waals surface area contributed by atoms with Gasteiger partial charge >= 0.3 is 0 Å². The van der Waals surface area contributed by atoms with Crippen molar-refractivity contribution in [2.24, 2.45) is 0 Å². The van der Waals surface area contributed by atoms with Crippen molar-refractivity contribution in [1.82, 2.24) is 4.90 Å². The van der Waals surface area contributed by atoms with Gasteiger partial charge in [0, 0.05) is 36.2 Å². The van der Waals surface area contributed by atoms with Crippen molar-refractivity contribution in [1.29, 1.82) is 0 Å². The average molecular weight is 464 g/mol. The van der Waals surface area contributed by atoms with E-state index in [2.05, 4.69) is 26.1 Å². The van der Waals surface area contributed by atoms with Gasteiger partial charge in [0.1, 0.15) is 0 Å². The predicted octanol–water partition coefficient (Wildman–Crippen LogP) is 4.66. The van der Waals surface area contributed by atoms with Gasteiger partial charge in [0.15, 0.2) is 0 Å². The summed E-state index contributed by atoms with van der Waals surface area (Å²) in [6.07, 6.45) is 0. The van der Waals surface area contributed by atoms with E-state index in [0.29, 0.717) is 37.3 Å². The number of piperazine rings is 1. The number of hydrogen-bond donors (Lipinski definition) is 1. The lowest BCUT2D eigenvalue weighted by atomic mass is 10.1. The summed E-state index contributed by atoms with van der Waals surface area (Å²) in [5, 5.41) is 3.03. The Bertz CT molecular complexity index is 1050. The first kappa shape index (κ1) is 20.2. The quantitative estimate of drug-likeness (QED) is 0.611. The molecule has 0 unspecified atom stereocenters. The molecule has 1 fully saturated rings. The maximum absolute atomic E-state index is 12.8. The molecule has 6 heteroatoms. The summed E-state index contributed by atoms with van der Waals surface area (Å²) in [6.45, 7) is 2.70. The average Bonchev–Trinajstić information content (AvgIpc) is 2.80. The minimum Gasteiger partial charge on any atom is -0.366 e. The molecule has 0 radical (unpaired) electrons. The Morgan fingerprint density at radius 1 is 0.767 bits per heavy atom. The summed E-state index contributed by atoms with van der Waals surface area (Å²) in [5.74, 6) is -0.0985. The lowest BCUT2D eigenvalue weighted by Gasteiger charge is -2.37. The number of anilines is 2. The first-order valence-corrected chi connectivity index (χ1v) is 10.7. The summed E-state index contributed by atoms with van der Waals surface area (Å²) >= 11 is 3.44. The zero-order chi connectivity index (χ0) is 20.9. The second-order valence-corrected chi connectivity index (χ2v) is 7.95. The summed E-state index contributed by atoms with van der Waals surface area (Å²) in [7, 11) is 0. The van der Waals surface area contributed by atoms with Crippen molar-refractivity contribution >= 4 is 39.1 Å². The lowest BCUT2D eigenvalue weighted by molar-refractivity contribution is 0.0746. The van der Waals surface area contributed by atoms with Crippen LogP contribution in [0, 0.1) is 0 Å². The Morgan fingerprint density at radius 3 is 2.13 bits per heavy atom. The number of benzene rings is 3. The van der Waals surface area contributed by atoms with Crippen LogP contribution in [0.1, 0.15) is 20.7 Å². The maximum atomic E-state index is 12.8. The molecule has 30 heavy (non-hydrogen) atoms.